The molecule has 0 aromatic heterocycles. The van der Waals surface area contributed by atoms with E-state index in [9.17, 15) is 20.0 Å². The van der Waals surface area contributed by atoms with Gasteiger partial charge in [-0.15, -0.1) is 0 Å². The van der Waals surface area contributed by atoms with Crippen molar-refractivity contribution in [2.75, 3.05) is 7.11 Å². The number of hydrogen-bond donors (Lipinski definition) is 2. The van der Waals surface area contributed by atoms with Gasteiger partial charge in [0, 0.05) is 16.7 Å². The van der Waals surface area contributed by atoms with Crippen LogP contribution in [-0.2, 0) is 0 Å². The fourth-order valence-corrected chi connectivity index (χ4v) is 2.85. The smallest absolute Gasteiger partial charge is 0.312 e. The molecule has 3 aromatic carbocycles. The van der Waals surface area contributed by atoms with Gasteiger partial charge in [-0.25, -0.2) is 5.43 Å². The summed E-state index contributed by atoms with van der Waals surface area (Å²) in [5.74, 6) is -0.779. The zero-order valence-electron chi connectivity index (χ0n) is 14.5. The number of fused-ring (bicyclic) bond motifs is 1. The molecule has 3 aromatic rings. The lowest BCUT2D eigenvalue weighted by Gasteiger charge is -2.09. The highest BCUT2D eigenvalue weighted by molar-refractivity contribution is 6.31. The molecular formula is C19H14ClN3O5. The molecule has 0 aliphatic heterocycles. The number of carbonyl (C=O) groups is 1. The minimum atomic E-state index is -0.767. The van der Waals surface area contributed by atoms with Crippen molar-refractivity contribution in [2.24, 2.45) is 5.10 Å². The first-order valence-electron chi connectivity index (χ1n) is 7.98. The molecule has 142 valence electrons. The zero-order chi connectivity index (χ0) is 20.3. The summed E-state index contributed by atoms with van der Waals surface area (Å²) in [7, 11) is 1.45. The Balaban J connectivity index is 1.87. The number of ether oxygens (including phenoxy) is 1. The van der Waals surface area contributed by atoms with E-state index in [1.54, 1.807) is 12.1 Å². The molecule has 0 saturated heterocycles. The topological polar surface area (TPSA) is 114 Å². The highest BCUT2D eigenvalue weighted by Gasteiger charge is 2.18. The van der Waals surface area contributed by atoms with Gasteiger partial charge in [0.15, 0.2) is 0 Å². The number of hydrogen-bond acceptors (Lipinski definition) is 6. The first-order chi connectivity index (χ1) is 13.4. The van der Waals surface area contributed by atoms with E-state index in [2.05, 4.69) is 10.5 Å². The molecule has 28 heavy (non-hydrogen) atoms. The number of hydrazone groups is 1. The molecule has 2 N–H and O–H groups in total. The fourth-order valence-electron chi connectivity index (χ4n) is 2.63. The lowest BCUT2D eigenvalue weighted by molar-refractivity contribution is -0.385. The Morgan fingerprint density at radius 3 is 2.57 bits per heavy atom. The summed E-state index contributed by atoms with van der Waals surface area (Å²) < 4.78 is 5.27. The number of nitrogens with zero attached hydrogens (tertiary/aromatic N) is 2. The molecule has 0 aliphatic carbocycles. The van der Waals surface area contributed by atoms with Gasteiger partial charge in [0.05, 0.1) is 23.8 Å². The summed E-state index contributed by atoms with van der Waals surface area (Å²) in [5.41, 5.74) is 2.00. The average Bonchev–Trinajstić information content (AvgIpc) is 2.68. The second kappa shape index (κ2) is 7.93. The number of nitro benzene ring substituents is 1. The predicted molar refractivity (Wildman–Crippen MR) is 105 cm³/mol. The molecule has 0 bridgehead atoms. The van der Waals surface area contributed by atoms with Gasteiger partial charge in [-0.05, 0) is 29.0 Å². The summed E-state index contributed by atoms with van der Waals surface area (Å²) >= 11 is 5.82. The third-order valence-corrected chi connectivity index (χ3v) is 4.18. The van der Waals surface area contributed by atoms with E-state index in [0.29, 0.717) is 5.75 Å². The van der Waals surface area contributed by atoms with Crippen LogP contribution in [0.2, 0.25) is 5.02 Å². The Bertz CT molecular complexity index is 1110. The van der Waals surface area contributed by atoms with E-state index in [1.165, 1.54) is 13.2 Å². The number of nitro groups is 1. The zero-order valence-corrected chi connectivity index (χ0v) is 15.3. The SMILES string of the molecule is COc1cc2ccccc2cc1C(=O)NN=Cc1cc(Cl)cc([N+](=O)[O-])c1O. The lowest BCUT2D eigenvalue weighted by atomic mass is 10.1. The highest BCUT2D eigenvalue weighted by Crippen LogP contribution is 2.32. The molecule has 0 atom stereocenters. The van der Waals surface area contributed by atoms with Gasteiger partial charge in [0.25, 0.3) is 5.91 Å². The molecule has 8 nitrogen and oxygen atoms in total. The Labute approximate surface area is 164 Å². The van der Waals surface area contributed by atoms with Crippen LogP contribution in [0.3, 0.4) is 0 Å². The van der Waals surface area contributed by atoms with Gasteiger partial charge in [0.1, 0.15) is 5.75 Å². The Morgan fingerprint density at radius 1 is 1.25 bits per heavy atom. The molecule has 0 fully saturated rings. The summed E-state index contributed by atoms with van der Waals surface area (Å²) in [6.45, 7) is 0. The monoisotopic (exact) mass is 399 g/mol. The van der Waals surface area contributed by atoms with Crippen LogP contribution in [0.5, 0.6) is 11.5 Å². The van der Waals surface area contributed by atoms with E-state index >= 15 is 0 Å². The van der Waals surface area contributed by atoms with Gasteiger partial charge >= 0.3 is 5.69 Å². The number of methoxy groups -OCH3 is 1. The van der Waals surface area contributed by atoms with Crippen LogP contribution in [0.1, 0.15) is 15.9 Å². The Hall–Kier alpha value is -3.65. The van der Waals surface area contributed by atoms with Crippen LogP contribution in [0, 0.1) is 10.1 Å². The normalized spacial score (nSPS) is 10.9. The molecule has 0 aliphatic rings. The maximum absolute atomic E-state index is 12.5. The van der Waals surface area contributed by atoms with Crippen molar-refractivity contribution < 1.29 is 19.6 Å². The summed E-state index contributed by atoms with van der Waals surface area (Å²) in [5, 5.41) is 26.4. The quantitative estimate of drug-likeness (QED) is 0.384. The molecule has 3 rings (SSSR count). The highest BCUT2D eigenvalue weighted by atomic mass is 35.5. The van der Waals surface area contributed by atoms with Crippen LogP contribution >= 0.6 is 11.6 Å². The van der Waals surface area contributed by atoms with Crippen molar-refractivity contribution >= 4 is 40.2 Å². The molecule has 0 spiro atoms. The third kappa shape index (κ3) is 3.86. The average molecular weight is 400 g/mol. The van der Waals surface area contributed by atoms with Crippen LogP contribution in [0.4, 0.5) is 5.69 Å². The van der Waals surface area contributed by atoms with E-state index in [-0.39, 0.29) is 16.1 Å². The van der Waals surface area contributed by atoms with Crippen LogP contribution < -0.4 is 10.2 Å². The van der Waals surface area contributed by atoms with Crippen molar-refractivity contribution in [3.05, 3.63) is 74.8 Å². The molecule has 0 radical (unpaired) electrons. The van der Waals surface area contributed by atoms with Crippen molar-refractivity contribution in [3.63, 3.8) is 0 Å². The number of phenols is 1. The minimum Gasteiger partial charge on any atom is -0.502 e. The van der Waals surface area contributed by atoms with Gasteiger partial charge in [-0.1, -0.05) is 35.9 Å². The van der Waals surface area contributed by atoms with Crippen molar-refractivity contribution in [3.8, 4) is 11.5 Å². The van der Waals surface area contributed by atoms with Crippen LogP contribution in [0.15, 0.2) is 53.6 Å². The van der Waals surface area contributed by atoms with Gasteiger partial charge < -0.3 is 9.84 Å². The second-order valence-corrected chi connectivity index (χ2v) is 6.16. The van der Waals surface area contributed by atoms with Crippen molar-refractivity contribution in [1.29, 1.82) is 0 Å². The number of benzene rings is 3. The molecular weight excluding hydrogens is 386 g/mol. The number of amides is 1. The number of phenolic OH excluding ortho intramolecular Hbond substituents is 1. The van der Waals surface area contributed by atoms with E-state index < -0.39 is 22.3 Å². The lowest BCUT2D eigenvalue weighted by Crippen LogP contribution is -2.18. The minimum absolute atomic E-state index is 0.00928. The van der Waals surface area contributed by atoms with Crippen LogP contribution in [0.25, 0.3) is 10.8 Å². The van der Waals surface area contributed by atoms with Crippen molar-refractivity contribution in [2.45, 2.75) is 0 Å². The number of carbonyl (C=O) groups excluding carboxylic acids is 1. The standard InChI is InChI=1S/C19H14ClN3O5/c1-28-17-8-12-5-3-2-4-11(12)7-15(17)19(25)22-21-10-13-6-14(20)9-16(18(13)24)23(26)27/h2-10,24H,1H3,(H,22,25). The summed E-state index contributed by atoms with van der Waals surface area (Å²) in [6.07, 6.45) is 1.07. The number of rotatable bonds is 5. The summed E-state index contributed by atoms with van der Waals surface area (Å²) in [4.78, 5) is 22.6. The molecule has 9 heteroatoms. The predicted octanol–water partition coefficient (Wildman–Crippen LogP) is 3.88. The van der Waals surface area contributed by atoms with Gasteiger partial charge in [-0.2, -0.15) is 5.10 Å². The molecule has 0 unspecified atom stereocenters. The van der Waals surface area contributed by atoms with E-state index in [4.69, 9.17) is 16.3 Å². The first kappa shape index (κ1) is 19.1. The number of halogens is 1. The first-order valence-corrected chi connectivity index (χ1v) is 8.35. The maximum atomic E-state index is 12.5. The molecule has 1 amide bonds. The number of aromatic hydroxyl groups is 1. The molecule has 0 heterocycles. The second-order valence-electron chi connectivity index (χ2n) is 5.72. The number of nitrogens with one attached hydrogen (secondary N) is 1. The third-order valence-electron chi connectivity index (χ3n) is 3.96. The maximum Gasteiger partial charge on any atom is 0.312 e. The fraction of sp³-hybridized carbons (Fsp3) is 0.0526. The largest absolute Gasteiger partial charge is 0.502 e. The summed E-state index contributed by atoms with van der Waals surface area (Å²) in [6, 6.07) is 13.2. The van der Waals surface area contributed by atoms with Gasteiger partial charge in [0.2, 0.25) is 5.75 Å². The Kier molecular flexibility index (Phi) is 5.42. The van der Waals surface area contributed by atoms with E-state index in [1.807, 2.05) is 24.3 Å². The Morgan fingerprint density at radius 2 is 1.93 bits per heavy atom. The van der Waals surface area contributed by atoms with Gasteiger partial charge in [-0.3, -0.25) is 14.9 Å². The van der Waals surface area contributed by atoms with Crippen LogP contribution in [-0.4, -0.2) is 29.3 Å². The molecule has 0 saturated carbocycles. The van der Waals surface area contributed by atoms with E-state index in [0.717, 1.165) is 23.1 Å². The van der Waals surface area contributed by atoms with Crippen molar-refractivity contribution in [1.82, 2.24) is 5.43 Å².